The molecule has 1 fully saturated rings. The summed E-state index contributed by atoms with van der Waals surface area (Å²) in [5, 5.41) is 0.661. The number of hydrogen-bond donors (Lipinski definition) is 1. The maximum Gasteiger partial charge on any atom is 0.275 e. The highest BCUT2D eigenvalue weighted by Gasteiger charge is 2.32. The highest BCUT2D eigenvalue weighted by molar-refractivity contribution is 14.1. The molecule has 1 N–H and O–H groups in total. The Morgan fingerprint density at radius 3 is 2.93 bits per heavy atom. The third kappa shape index (κ3) is 5.61. The minimum Gasteiger partial charge on any atom is -0.348 e. The van der Waals surface area contributed by atoms with Crippen molar-refractivity contribution >= 4 is 40.1 Å². The second-order valence-corrected chi connectivity index (χ2v) is 8.29. The molecule has 0 spiro atoms. The molecular weight excluding hydrogens is 483 g/mol. The van der Waals surface area contributed by atoms with Gasteiger partial charge in [0.2, 0.25) is 0 Å². The minimum atomic E-state index is -0.622. The number of pyridine rings is 1. The predicted octanol–water partition coefficient (Wildman–Crippen LogP) is 3.74. The molecule has 3 rings (SSSR count). The molecule has 2 heterocycles. The van der Waals surface area contributed by atoms with E-state index in [4.69, 9.17) is 25.9 Å². The molecule has 1 aromatic carbocycles. The van der Waals surface area contributed by atoms with Gasteiger partial charge in [-0.2, -0.15) is 0 Å². The summed E-state index contributed by atoms with van der Waals surface area (Å²) in [4.78, 5) is 22.0. The fraction of sp³-hybridized carbons (Fsp3) is 0.368. The van der Waals surface area contributed by atoms with E-state index in [2.05, 4.69) is 33.1 Å². The van der Waals surface area contributed by atoms with Crippen LogP contribution >= 0.6 is 34.2 Å². The van der Waals surface area contributed by atoms with Gasteiger partial charge in [-0.15, -0.1) is 0 Å². The number of rotatable bonds is 6. The van der Waals surface area contributed by atoms with Gasteiger partial charge in [0, 0.05) is 33.0 Å². The zero-order valence-corrected chi connectivity index (χ0v) is 17.9. The molecule has 6 nitrogen and oxygen atoms in total. The van der Waals surface area contributed by atoms with Gasteiger partial charge in [-0.1, -0.05) is 17.7 Å². The number of nitrogens with one attached hydrogen (secondary N) is 1. The Morgan fingerprint density at radius 1 is 1.41 bits per heavy atom. The van der Waals surface area contributed by atoms with Crippen molar-refractivity contribution in [1.82, 2.24) is 10.5 Å². The largest absolute Gasteiger partial charge is 0.348 e. The van der Waals surface area contributed by atoms with E-state index in [1.807, 2.05) is 32.0 Å². The third-order valence-electron chi connectivity index (χ3n) is 4.05. The molecule has 2 aromatic rings. The van der Waals surface area contributed by atoms with E-state index in [0.717, 1.165) is 14.7 Å². The normalized spacial score (nSPS) is 18.4. The fourth-order valence-electron chi connectivity index (χ4n) is 2.76. The van der Waals surface area contributed by atoms with E-state index in [1.165, 1.54) is 0 Å². The zero-order chi connectivity index (χ0) is 19.4. The lowest BCUT2D eigenvalue weighted by Gasteiger charge is -2.17. The maximum absolute atomic E-state index is 12.5. The topological polar surface area (TPSA) is 69.7 Å². The predicted molar refractivity (Wildman–Crippen MR) is 110 cm³/mol. The van der Waals surface area contributed by atoms with Crippen molar-refractivity contribution in [2.45, 2.75) is 32.2 Å². The second-order valence-electron chi connectivity index (χ2n) is 6.64. The molecule has 0 saturated carbocycles. The number of carbonyl (C=O) groups excluding carboxylic acids is 1. The van der Waals surface area contributed by atoms with Crippen LogP contribution in [0.1, 0.15) is 35.3 Å². The molecule has 8 heteroatoms. The van der Waals surface area contributed by atoms with Gasteiger partial charge in [0.25, 0.3) is 5.91 Å². The minimum absolute atomic E-state index is 0.207. The molecule has 27 heavy (non-hydrogen) atoms. The van der Waals surface area contributed by atoms with Crippen LogP contribution in [-0.4, -0.2) is 36.0 Å². The van der Waals surface area contributed by atoms with Gasteiger partial charge in [-0.25, -0.2) is 5.48 Å². The maximum atomic E-state index is 12.5. The number of aromatic nitrogens is 1. The SMILES string of the molecule is CC1(C)OC[C@H](CONC(=O)c2ccncc2Cc2ccc(I)cc2Cl)O1. The Morgan fingerprint density at radius 2 is 2.22 bits per heavy atom. The van der Waals surface area contributed by atoms with Crippen LogP contribution < -0.4 is 5.48 Å². The number of ether oxygens (including phenoxy) is 2. The Hall–Kier alpha value is -1.26. The van der Waals surface area contributed by atoms with Gasteiger partial charge in [0.05, 0.1) is 6.61 Å². The number of hydroxylamine groups is 1. The van der Waals surface area contributed by atoms with E-state index >= 15 is 0 Å². The fourth-order valence-corrected chi connectivity index (χ4v) is 3.68. The van der Waals surface area contributed by atoms with E-state index in [9.17, 15) is 4.79 Å². The van der Waals surface area contributed by atoms with Gasteiger partial charge in [-0.3, -0.25) is 14.6 Å². The van der Waals surface area contributed by atoms with Crippen LogP contribution in [0.5, 0.6) is 0 Å². The number of amides is 1. The lowest BCUT2D eigenvalue weighted by molar-refractivity contribution is -0.147. The molecule has 1 amide bonds. The van der Waals surface area contributed by atoms with Crippen molar-refractivity contribution in [2.24, 2.45) is 0 Å². The molecule has 0 bridgehead atoms. The average molecular weight is 503 g/mol. The molecule has 144 valence electrons. The van der Waals surface area contributed by atoms with Crippen molar-refractivity contribution < 1.29 is 19.1 Å². The molecule has 0 radical (unpaired) electrons. The number of nitrogens with zero attached hydrogens (tertiary/aromatic N) is 1. The first-order valence-corrected chi connectivity index (χ1v) is 9.90. The summed E-state index contributed by atoms with van der Waals surface area (Å²) in [6.45, 7) is 4.31. The molecule has 1 aliphatic rings. The monoisotopic (exact) mass is 502 g/mol. The first-order valence-electron chi connectivity index (χ1n) is 8.45. The molecule has 0 aliphatic carbocycles. The third-order valence-corrected chi connectivity index (χ3v) is 5.07. The summed E-state index contributed by atoms with van der Waals surface area (Å²) >= 11 is 8.52. The van der Waals surface area contributed by atoms with E-state index in [0.29, 0.717) is 23.6 Å². The summed E-state index contributed by atoms with van der Waals surface area (Å²) in [5.41, 5.74) is 4.65. The summed E-state index contributed by atoms with van der Waals surface area (Å²) in [7, 11) is 0. The number of halogens is 2. The Labute approximate surface area is 176 Å². The summed E-state index contributed by atoms with van der Waals surface area (Å²) in [6, 6.07) is 7.48. The smallest absolute Gasteiger partial charge is 0.275 e. The van der Waals surface area contributed by atoms with Gasteiger partial charge in [0.15, 0.2) is 5.79 Å². The van der Waals surface area contributed by atoms with Gasteiger partial charge in [0.1, 0.15) is 12.7 Å². The highest BCUT2D eigenvalue weighted by atomic mass is 127. The van der Waals surface area contributed by atoms with Crippen LogP contribution in [0.15, 0.2) is 36.7 Å². The van der Waals surface area contributed by atoms with Crippen LogP contribution in [-0.2, 0) is 20.7 Å². The van der Waals surface area contributed by atoms with Crippen LogP contribution in [0.25, 0.3) is 0 Å². The lowest BCUT2D eigenvalue weighted by Crippen LogP contribution is -2.31. The Bertz CT molecular complexity index is 831. The van der Waals surface area contributed by atoms with Crippen molar-refractivity contribution in [2.75, 3.05) is 13.2 Å². The molecule has 1 saturated heterocycles. The second kappa shape index (κ2) is 8.83. The zero-order valence-electron chi connectivity index (χ0n) is 15.0. The summed E-state index contributed by atoms with van der Waals surface area (Å²) < 4.78 is 12.2. The number of hydrogen-bond acceptors (Lipinski definition) is 5. The molecule has 1 aromatic heterocycles. The Kier molecular flexibility index (Phi) is 6.69. The van der Waals surface area contributed by atoms with Crippen molar-refractivity contribution in [3.05, 3.63) is 61.9 Å². The summed E-state index contributed by atoms with van der Waals surface area (Å²) in [5.74, 6) is -0.962. The first kappa shape index (κ1) is 20.5. The standard InChI is InChI=1S/C19H20ClIN2O4/c1-19(2)25-10-15(27-19)11-26-23-18(24)16-5-6-22-9-13(16)7-12-3-4-14(21)8-17(12)20/h3-6,8-9,15H,7,10-11H2,1-2H3,(H,23,24)/t15-/m1/s1. The molecule has 0 unspecified atom stereocenters. The van der Waals surface area contributed by atoms with Crippen LogP contribution in [0.2, 0.25) is 5.02 Å². The van der Waals surface area contributed by atoms with Gasteiger partial charge in [-0.05, 0) is 65.8 Å². The van der Waals surface area contributed by atoms with E-state index < -0.39 is 5.79 Å². The highest BCUT2D eigenvalue weighted by Crippen LogP contribution is 2.24. The Balaban J connectivity index is 1.62. The number of benzene rings is 1. The molecule has 1 aliphatic heterocycles. The van der Waals surface area contributed by atoms with E-state index in [1.54, 1.807) is 18.5 Å². The van der Waals surface area contributed by atoms with Crippen LogP contribution in [0.3, 0.4) is 0 Å². The first-order chi connectivity index (χ1) is 12.8. The van der Waals surface area contributed by atoms with E-state index in [-0.39, 0.29) is 18.6 Å². The lowest BCUT2D eigenvalue weighted by atomic mass is 10.0. The van der Waals surface area contributed by atoms with Crippen LogP contribution in [0, 0.1) is 3.57 Å². The number of carbonyl (C=O) groups is 1. The van der Waals surface area contributed by atoms with Crippen molar-refractivity contribution in [3.63, 3.8) is 0 Å². The van der Waals surface area contributed by atoms with Crippen molar-refractivity contribution in [3.8, 4) is 0 Å². The summed E-state index contributed by atoms with van der Waals surface area (Å²) in [6.07, 6.45) is 3.52. The quantitative estimate of drug-likeness (QED) is 0.481. The van der Waals surface area contributed by atoms with Gasteiger partial charge < -0.3 is 9.47 Å². The van der Waals surface area contributed by atoms with Crippen LogP contribution in [0.4, 0.5) is 0 Å². The molecular formula is C19H20ClIN2O4. The van der Waals surface area contributed by atoms with Gasteiger partial charge >= 0.3 is 0 Å². The van der Waals surface area contributed by atoms with Crippen molar-refractivity contribution in [1.29, 1.82) is 0 Å². The molecule has 1 atom stereocenters. The average Bonchev–Trinajstić information content (AvgIpc) is 2.96.